The first-order chi connectivity index (χ1) is 6.25. The van der Waals surface area contributed by atoms with Gasteiger partial charge in [-0.3, -0.25) is 10.2 Å². The number of rotatable bonds is 1. The van der Waals surface area contributed by atoms with E-state index in [1.165, 1.54) is 13.1 Å². The Morgan fingerprint density at radius 3 is 2.46 bits per heavy atom. The Morgan fingerprint density at radius 2 is 1.92 bits per heavy atom. The molecule has 0 saturated carbocycles. The molecular formula is C7H16N4S2. The molecule has 2 aliphatic heterocycles. The summed E-state index contributed by atoms with van der Waals surface area (Å²) in [5.41, 5.74) is 6.28. The Balaban J connectivity index is 1.81. The molecule has 6 heteroatoms. The predicted molar refractivity (Wildman–Crippen MR) is 59.2 cm³/mol. The van der Waals surface area contributed by atoms with E-state index in [2.05, 4.69) is 22.2 Å². The molecule has 3 N–H and O–H groups in total. The molecule has 13 heavy (non-hydrogen) atoms. The van der Waals surface area contributed by atoms with Gasteiger partial charge in [-0.1, -0.05) is 21.6 Å². The first-order valence-electron chi connectivity index (χ1n) is 4.52. The third-order valence-corrected chi connectivity index (χ3v) is 5.00. The first kappa shape index (κ1) is 10.1. The van der Waals surface area contributed by atoms with E-state index in [9.17, 15) is 0 Å². The lowest BCUT2D eigenvalue weighted by Crippen LogP contribution is -2.52. The molecule has 0 aromatic rings. The fourth-order valence-electron chi connectivity index (χ4n) is 1.53. The molecule has 76 valence electrons. The molecule has 2 aliphatic rings. The molecule has 2 fully saturated rings. The lowest BCUT2D eigenvalue weighted by Gasteiger charge is -2.35. The lowest BCUT2D eigenvalue weighted by molar-refractivity contribution is 0.132. The van der Waals surface area contributed by atoms with Gasteiger partial charge in [0, 0.05) is 26.2 Å². The number of nitrogens with zero attached hydrogens (tertiary/aromatic N) is 2. The summed E-state index contributed by atoms with van der Waals surface area (Å²) in [5, 5.41) is 3.35. The number of nitrogens with two attached hydrogens (primary N) is 1. The number of nitrogens with one attached hydrogen (secondary N) is 1. The Kier molecular flexibility index (Phi) is 3.39. The van der Waals surface area contributed by atoms with Crippen molar-refractivity contribution in [1.82, 2.24) is 15.1 Å². The minimum atomic E-state index is 0.106. The van der Waals surface area contributed by atoms with Gasteiger partial charge < -0.3 is 10.6 Å². The fraction of sp³-hybridized carbons (Fsp3) is 1.00. The largest absolute Gasteiger partial charge is 0.307 e. The second-order valence-electron chi connectivity index (χ2n) is 3.47. The summed E-state index contributed by atoms with van der Waals surface area (Å²) in [6.07, 6.45) is 0. The maximum Gasteiger partial charge on any atom is 0.120 e. The zero-order chi connectivity index (χ0) is 9.26. The van der Waals surface area contributed by atoms with E-state index >= 15 is 0 Å². The number of hydrogen-bond acceptors (Lipinski definition) is 6. The Morgan fingerprint density at radius 1 is 1.23 bits per heavy atom. The van der Waals surface area contributed by atoms with Crippen LogP contribution >= 0.6 is 21.6 Å². The van der Waals surface area contributed by atoms with E-state index in [0.29, 0.717) is 5.50 Å². The molecule has 2 atom stereocenters. The highest BCUT2D eigenvalue weighted by Crippen LogP contribution is 2.35. The highest BCUT2D eigenvalue weighted by atomic mass is 33.1. The van der Waals surface area contributed by atoms with E-state index in [0.717, 1.165) is 13.1 Å². The monoisotopic (exact) mass is 220 g/mol. The topological polar surface area (TPSA) is 44.5 Å². The second kappa shape index (κ2) is 4.37. The van der Waals surface area contributed by atoms with Crippen molar-refractivity contribution in [3.05, 3.63) is 0 Å². The van der Waals surface area contributed by atoms with Crippen molar-refractivity contribution >= 4 is 21.6 Å². The number of likely N-dealkylation sites (N-methyl/N-ethyl adjacent to an activating group) is 1. The van der Waals surface area contributed by atoms with Crippen molar-refractivity contribution in [2.24, 2.45) is 5.73 Å². The zero-order valence-corrected chi connectivity index (χ0v) is 9.40. The third kappa shape index (κ3) is 2.51. The Bertz CT molecular complexity index is 172. The zero-order valence-electron chi connectivity index (χ0n) is 7.77. The molecule has 4 nitrogen and oxygen atoms in total. The standard InChI is InChI=1S/C7H16N4S2/c1-10-2-4-11(5-3-10)7-9-6(8)12-13-7/h6-7,9H,2-5,8H2,1H3. The van der Waals surface area contributed by atoms with Gasteiger partial charge in [-0.2, -0.15) is 0 Å². The minimum absolute atomic E-state index is 0.106. The van der Waals surface area contributed by atoms with Crippen LogP contribution in [0, 0.1) is 0 Å². The first-order valence-corrected chi connectivity index (χ1v) is 6.80. The van der Waals surface area contributed by atoms with Crippen LogP contribution in [-0.2, 0) is 0 Å². The summed E-state index contributed by atoms with van der Waals surface area (Å²) >= 11 is 0. The van der Waals surface area contributed by atoms with Crippen molar-refractivity contribution in [2.75, 3.05) is 33.2 Å². The molecule has 0 spiro atoms. The highest BCUT2D eigenvalue weighted by molar-refractivity contribution is 8.77. The van der Waals surface area contributed by atoms with Crippen molar-refractivity contribution in [3.8, 4) is 0 Å². The van der Waals surface area contributed by atoms with Crippen molar-refractivity contribution in [2.45, 2.75) is 11.0 Å². The molecule has 0 bridgehead atoms. The van der Waals surface area contributed by atoms with Gasteiger partial charge in [-0.25, -0.2) is 0 Å². The van der Waals surface area contributed by atoms with Crippen LogP contribution in [0.3, 0.4) is 0 Å². The molecule has 0 aliphatic carbocycles. The second-order valence-corrected chi connectivity index (χ2v) is 5.97. The van der Waals surface area contributed by atoms with Gasteiger partial charge in [0.25, 0.3) is 0 Å². The Labute approximate surface area is 87.0 Å². The smallest absolute Gasteiger partial charge is 0.120 e. The van der Waals surface area contributed by atoms with E-state index in [1.54, 1.807) is 10.8 Å². The van der Waals surface area contributed by atoms with E-state index in [4.69, 9.17) is 5.73 Å². The minimum Gasteiger partial charge on any atom is -0.307 e. The highest BCUT2D eigenvalue weighted by Gasteiger charge is 2.29. The summed E-state index contributed by atoms with van der Waals surface area (Å²) in [5.74, 6) is 0. The van der Waals surface area contributed by atoms with Crippen LogP contribution < -0.4 is 11.1 Å². The molecule has 0 aromatic heterocycles. The van der Waals surface area contributed by atoms with Crippen LogP contribution in [0.4, 0.5) is 0 Å². The summed E-state index contributed by atoms with van der Waals surface area (Å²) < 4.78 is 0. The summed E-state index contributed by atoms with van der Waals surface area (Å²) in [4.78, 5) is 4.83. The SMILES string of the molecule is CN1CCN(C2NC(N)SS2)CC1. The van der Waals surface area contributed by atoms with E-state index < -0.39 is 0 Å². The lowest BCUT2D eigenvalue weighted by atomic mass is 10.3. The molecule has 2 unspecified atom stereocenters. The summed E-state index contributed by atoms with van der Waals surface area (Å²) in [6, 6.07) is 0. The number of piperazine rings is 1. The average Bonchev–Trinajstić information content (AvgIpc) is 2.53. The van der Waals surface area contributed by atoms with Crippen LogP contribution in [0.5, 0.6) is 0 Å². The molecule has 2 saturated heterocycles. The van der Waals surface area contributed by atoms with Crippen molar-refractivity contribution in [3.63, 3.8) is 0 Å². The van der Waals surface area contributed by atoms with Gasteiger partial charge in [0.1, 0.15) is 11.0 Å². The van der Waals surface area contributed by atoms with Crippen molar-refractivity contribution in [1.29, 1.82) is 0 Å². The average molecular weight is 220 g/mol. The fourth-order valence-corrected chi connectivity index (χ4v) is 3.93. The van der Waals surface area contributed by atoms with Gasteiger partial charge in [-0.05, 0) is 7.05 Å². The van der Waals surface area contributed by atoms with Crippen LogP contribution in [-0.4, -0.2) is 54.0 Å². The van der Waals surface area contributed by atoms with Crippen LogP contribution in [0.2, 0.25) is 0 Å². The van der Waals surface area contributed by atoms with Crippen LogP contribution in [0.25, 0.3) is 0 Å². The Hall–Kier alpha value is 0.540. The quantitative estimate of drug-likeness (QED) is 0.594. The molecule has 2 rings (SSSR count). The molecular weight excluding hydrogens is 204 g/mol. The van der Waals surface area contributed by atoms with Gasteiger partial charge in [-0.15, -0.1) is 0 Å². The van der Waals surface area contributed by atoms with Crippen LogP contribution in [0.15, 0.2) is 0 Å². The van der Waals surface area contributed by atoms with Crippen molar-refractivity contribution < 1.29 is 0 Å². The van der Waals surface area contributed by atoms with E-state index in [1.807, 2.05) is 10.8 Å². The molecule has 0 amide bonds. The van der Waals surface area contributed by atoms with Crippen LogP contribution in [0.1, 0.15) is 0 Å². The summed E-state index contributed by atoms with van der Waals surface area (Å²) in [6.45, 7) is 4.63. The maximum absolute atomic E-state index is 5.75. The van der Waals surface area contributed by atoms with Gasteiger partial charge >= 0.3 is 0 Å². The van der Waals surface area contributed by atoms with E-state index in [-0.39, 0.29) is 5.50 Å². The molecule has 2 heterocycles. The summed E-state index contributed by atoms with van der Waals surface area (Å²) in [7, 11) is 5.75. The predicted octanol–water partition coefficient (Wildman–Crippen LogP) is -0.256. The van der Waals surface area contributed by atoms with Gasteiger partial charge in [0.05, 0.1) is 0 Å². The maximum atomic E-state index is 5.75. The normalized spacial score (nSPS) is 38.3. The van der Waals surface area contributed by atoms with Gasteiger partial charge in [0.2, 0.25) is 0 Å². The third-order valence-electron chi connectivity index (χ3n) is 2.43. The van der Waals surface area contributed by atoms with Gasteiger partial charge in [0.15, 0.2) is 0 Å². The number of hydrogen-bond donors (Lipinski definition) is 2. The molecule has 0 aromatic carbocycles. The molecule has 0 radical (unpaired) electrons.